The van der Waals surface area contributed by atoms with Crippen LogP contribution in [0.3, 0.4) is 0 Å². The van der Waals surface area contributed by atoms with E-state index in [1.165, 1.54) is 24.3 Å². The SMILES string of the molecule is [C-]#[N+]/C(C#N)=C1/c2cc(F)ccc2-c2nc3c(-c4ccccc4)c4nc5c(nc4c(-c4ccccc4)c3nc21)-c1ccc(F)cc1/C5=C(/C#N)[N+]#[C-]. The van der Waals surface area contributed by atoms with Crippen LogP contribution in [-0.2, 0) is 0 Å². The third-order valence-electron chi connectivity index (χ3n) is 9.26. The van der Waals surface area contributed by atoms with Crippen LogP contribution >= 0.6 is 0 Å². The Bertz CT molecular complexity index is 2770. The van der Waals surface area contributed by atoms with E-state index in [0.29, 0.717) is 78.0 Å². The fourth-order valence-corrected chi connectivity index (χ4v) is 7.14. The number of nitriles is 2. The Labute approximate surface area is 294 Å². The van der Waals surface area contributed by atoms with Crippen molar-refractivity contribution in [2.24, 2.45) is 0 Å². The number of hydrogen-bond acceptors (Lipinski definition) is 6. The molecule has 2 heterocycles. The standard InChI is InChI=1S/C42H16F2N8/c1-47-29(19-45)33-27-17-23(43)13-15-25(27)35-41(33)51-39-31(21-9-5-3-6-10-21)38-40(32(37(39)49-35)22-11-7-4-8-12-22)52-42-34(30(20-46)48-2)28-18-24(44)14-16-26(28)36(42)50-38/h3-18H/b33-29-,34-30+. The second kappa shape index (κ2) is 11.3. The molecule has 7 aromatic rings. The van der Waals surface area contributed by atoms with Crippen LogP contribution in [0, 0.1) is 47.4 Å². The maximum absolute atomic E-state index is 14.7. The lowest BCUT2D eigenvalue weighted by Crippen LogP contribution is -2.03. The largest absolute Gasteiger partial charge is 0.271 e. The number of allylic oxidation sites excluding steroid dienone is 2. The van der Waals surface area contributed by atoms with Gasteiger partial charge in [0.1, 0.15) is 33.7 Å². The van der Waals surface area contributed by atoms with Crippen LogP contribution in [0.15, 0.2) is 108 Å². The molecular formula is C42H16F2N8. The van der Waals surface area contributed by atoms with Crippen LogP contribution < -0.4 is 0 Å². The predicted octanol–water partition coefficient (Wildman–Crippen LogP) is 9.55. The van der Waals surface area contributed by atoms with E-state index in [4.69, 9.17) is 33.1 Å². The maximum atomic E-state index is 14.7. The van der Waals surface area contributed by atoms with Gasteiger partial charge in [0.05, 0.1) is 48.1 Å². The summed E-state index contributed by atoms with van der Waals surface area (Å²) in [5.41, 5.74) is 6.94. The normalized spacial score (nSPS) is 14.0. The van der Waals surface area contributed by atoms with Crippen molar-refractivity contribution in [2.75, 3.05) is 0 Å². The first-order valence-electron chi connectivity index (χ1n) is 15.8. The second-order valence-electron chi connectivity index (χ2n) is 12.0. The van der Waals surface area contributed by atoms with E-state index >= 15 is 0 Å². The molecule has 0 saturated heterocycles. The third-order valence-corrected chi connectivity index (χ3v) is 9.26. The van der Waals surface area contributed by atoms with Gasteiger partial charge >= 0.3 is 0 Å². The molecule has 0 amide bonds. The van der Waals surface area contributed by atoms with Gasteiger partial charge in [-0.25, -0.2) is 48.9 Å². The van der Waals surface area contributed by atoms with E-state index in [1.54, 1.807) is 12.1 Å². The highest BCUT2D eigenvalue weighted by atomic mass is 19.1. The smallest absolute Gasteiger partial charge is 0.244 e. The Kier molecular flexibility index (Phi) is 6.57. The average molecular weight is 671 g/mol. The molecule has 0 radical (unpaired) electrons. The van der Waals surface area contributed by atoms with Gasteiger partial charge in [-0.2, -0.15) is 0 Å². The number of rotatable bonds is 2. The Morgan fingerprint density at radius 1 is 0.500 bits per heavy atom. The van der Waals surface area contributed by atoms with Gasteiger partial charge in [-0.15, -0.1) is 0 Å². The van der Waals surface area contributed by atoms with Crippen molar-refractivity contribution in [1.82, 2.24) is 19.9 Å². The van der Waals surface area contributed by atoms with Crippen LogP contribution in [-0.4, -0.2) is 19.9 Å². The highest BCUT2D eigenvalue weighted by Crippen LogP contribution is 2.51. The number of benzene rings is 5. The van der Waals surface area contributed by atoms with E-state index < -0.39 is 11.6 Å². The zero-order chi connectivity index (χ0) is 35.7. The summed E-state index contributed by atoms with van der Waals surface area (Å²) in [4.78, 5) is 27.7. The number of hydrogen-bond donors (Lipinski definition) is 0. The third kappa shape index (κ3) is 4.20. The molecule has 0 N–H and O–H groups in total. The summed E-state index contributed by atoms with van der Waals surface area (Å²) in [6, 6.07) is 30.9. The van der Waals surface area contributed by atoms with E-state index in [2.05, 4.69) is 9.69 Å². The topological polar surface area (TPSA) is 108 Å². The Hall–Kier alpha value is -7.92. The van der Waals surface area contributed by atoms with Gasteiger partial charge < -0.3 is 0 Å². The van der Waals surface area contributed by atoms with Crippen molar-refractivity contribution < 1.29 is 8.78 Å². The highest BCUT2D eigenvalue weighted by molar-refractivity contribution is 6.19. The molecule has 0 atom stereocenters. The molecule has 52 heavy (non-hydrogen) atoms. The molecule has 10 heteroatoms. The van der Waals surface area contributed by atoms with Crippen LogP contribution in [0.4, 0.5) is 8.78 Å². The fourth-order valence-electron chi connectivity index (χ4n) is 7.14. The highest BCUT2D eigenvalue weighted by Gasteiger charge is 2.35. The lowest BCUT2D eigenvalue weighted by Gasteiger charge is -2.17. The summed E-state index contributed by atoms with van der Waals surface area (Å²) in [6.07, 6.45) is 0. The Morgan fingerprint density at radius 2 is 0.865 bits per heavy atom. The van der Waals surface area contributed by atoms with Gasteiger partial charge in [0.25, 0.3) is 11.4 Å². The lowest BCUT2D eigenvalue weighted by atomic mass is 9.94. The van der Waals surface area contributed by atoms with E-state index in [9.17, 15) is 19.3 Å². The van der Waals surface area contributed by atoms with Crippen molar-refractivity contribution in [3.63, 3.8) is 0 Å². The van der Waals surface area contributed by atoms with Crippen molar-refractivity contribution in [2.45, 2.75) is 0 Å². The molecule has 5 aromatic carbocycles. The van der Waals surface area contributed by atoms with Gasteiger partial charge in [0.2, 0.25) is 0 Å². The molecule has 0 aliphatic heterocycles. The van der Waals surface area contributed by atoms with Crippen molar-refractivity contribution >= 4 is 33.2 Å². The second-order valence-corrected chi connectivity index (χ2v) is 12.0. The molecule has 2 aliphatic carbocycles. The van der Waals surface area contributed by atoms with E-state index in [0.717, 1.165) is 0 Å². The zero-order valence-electron chi connectivity index (χ0n) is 26.6. The molecule has 9 rings (SSSR count). The van der Waals surface area contributed by atoms with Crippen LogP contribution in [0.25, 0.3) is 87.7 Å². The van der Waals surface area contributed by atoms with Gasteiger partial charge in [-0.1, -0.05) is 60.7 Å². The summed E-state index contributed by atoms with van der Waals surface area (Å²) in [5.74, 6) is -1.08. The minimum atomic E-state index is -0.542. The molecule has 2 aromatic heterocycles. The van der Waals surface area contributed by atoms with Crippen LogP contribution in [0.5, 0.6) is 0 Å². The van der Waals surface area contributed by atoms with E-state index in [1.807, 2.05) is 72.8 Å². The van der Waals surface area contributed by atoms with Crippen LogP contribution in [0.2, 0.25) is 0 Å². The van der Waals surface area contributed by atoms with Crippen molar-refractivity contribution in [3.8, 4) is 56.9 Å². The quantitative estimate of drug-likeness (QED) is 0.103. The van der Waals surface area contributed by atoms with Crippen molar-refractivity contribution in [3.05, 3.63) is 165 Å². The fraction of sp³-hybridized carbons (Fsp3) is 0. The summed E-state index contributed by atoms with van der Waals surface area (Å²) in [7, 11) is 0. The number of halogens is 2. The molecule has 0 spiro atoms. The van der Waals surface area contributed by atoms with Gasteiger partial charge in [0.15, 0.2) is 0 Å². The first-order chi connectivity index (χ1) is 25.4. The van der Waals surface area contributed by atoms with E-state index in [-0.39, 0.29) is 33.9 Å². The number of nitrogens with zero attached hydrogens (tertiary/aromatic N) is 8. The molecule has 0 unspecified atom stereocenters. The number of aromatic nitrogens is 4. The van der Waals surface area contributed by atoms with Gasteiger partial charge in [-0.05, 0) is 58.7 Å². The van der Waals surface area contributed by atoms with Gasteiger partial charge in [-0.3, -0.25) is 0 Å². The summed E-state index contributed by atoms with van der Waals surface area (Å²) < 4.78 is 29.5. The zero-order valence-corrected chi connectivity index (χ0v) is 26.6. The summed E-state index contributed by atoms with van der Waals surface area (Å²) >= 11 is 0. The lowest BCUT2D eigenvalue weighted by molar-refractivity contribution is 0.627. The Balaban J connectivity index is 1.54. The number of fused-ring (bicyclic) bond motifs is 8. The maximum Gasteiger partial charge on any atom is 0.271 e. The minimum absolute atomic E-state index is 0.186. The monoisotopic (exact) mass is 670 g/mol. The molecular weight excluding hydrogens is 655 g/mol. The molecule has 238 valence electrons. The summed E-state index contributed by atoms with van der Waals surface area (Å²) in [5, 5.41) is 20.0. The molecule has 8 nitrogen and oxygen atoms in total. The van der Waals surface area contributed by atoms with Crippen LogP contribution in [0.1, 0.15) is 22.5 Å². The van der Waals surface area contributed by atoms with Crippen molar-refractivity contribution in [1.29, 1.82) is 10.5 Å². The predicted molar refractivity (Wildman–Crippen MR) is 191 cm³/mol. The Morgan fingerprint density at radius 3 is 1.21 bits per heavy atom. The summed E-state index contributed by atoms with van der Waals surface area (Å²) in [6.45, 7) is 15.6. The average Bonchev–Trinajstić information content (AvgIpc) is 3.64. The van der Waals surface area contributed by atoms with Gasteiger partial charge in [0, 0.05) is 33.4 Å². The molecule has 0 saturated carbocycles. The minimum Gasteiger partial charge on any atom is -0.244 e. The molecule has 0 fully saturated rings. The first kappa shape index (κ1) is 30.2. The molecule has 0 bridgehead atoms. The molecule has 2 aliphatic rings. The first-order valence-corrected chi connectivity index (χ1v) is 15.8.